The van der Waals surface area contributed by atoms with Crippen molar-refractivity contribution < 1.29 is 9.90 Å². The molecule has 0 aromatic heterocycles. The molecule has 2 rings (SSSR count). The molecule has 1 atom stereocenters. The summed E-state index contributed by atoms with van der Waals surface area (Å²) in [5, 5.41) is 12.2. The normalized spacial score (nSPS) is 19.9. The molecule has 0 radical (unpaired) electrons. The van der Waals surface area contributed by atoms with Gasteiger partial charge in [0.2, 0.25) is 0 Å². The summed E-state index contributed by atoms with van der Waals surface area (Å²) in [6, 6.07) is 6.18. The van der Waals surface area contributed by atoms with Crippen LogP contribution in [0.2, 0.25) is 0 Å². The quantitative estimate of drug-likeness (QED) is 0.896. The number of hydrogen-bond donors (Lipinski definition) is 2. The van der Waals surface area contributed by atoms with Crippen molar-refractivity contribution in [2.45, 2.75) is 19.4 Å². The fourth-order valence-corrected chi connectivity index (χ4v) is 2.54. The first-order chi connectivity index (χ1) is 8.58. The lowest BCUT2D eigenvalue weighted by Crippen LogP contribution is -2.52. The molecule has 0 aliphatic carbocycles. The van der Waals surface area contributed by atoms with E-state index in [1.54, 1.807) is 0 Å². The predicted molar refractivity (Wildman–Crippen MR) is 75.1 cm³/mol. The Labute approximate surface area is 115 Å². The average Bonchev–Trinajstić information content (AvgIpc) is 2.33. The Morgan fingerprint density at radius 2 is 2.39 bits per heavy atom. The lowest BCUT2D eigenvalue weighted by Gasteiger charge is -2.37. The second-order valence-electron chi connectivity index (χ2n) is 4.58. The summed E-state index contributed by atoms with van der Waals surface area (Å²) in [6.07, 6.45) is 0.169. The van der Waals surface area contributed by atoms with Crippen LogP contribution in [0, 0.1) is 6.92 Å². The highest BCUT2D eigenvalue weighted by atomic mass is 79.9. The first-order valence-corrected chi connectivity index (χ1v) is 6.82. The van der Waals surface area contributed by atoms with Crippen LogP contribution in [-0.2, 0) is 4.79 Å². The van der Waals surface area contributed by atoms with Crippen molar-refractivity contribution in [3.63, 3.8) is 0 Å². The Kier molecular flexibility index (Phi) is 4.24. The topological polar surface area (TPSA) is 52.6 Å². The molecule has 1 saturated heterocycles. The molecule has 1 fully saturated rings. The van der Waals surface area contributed by atoms with E-state index in [4.69, 9.17) is 5.11 Å². The van der Waals surface area contributed by atoms with Crippen molar-refractivity contribution in [2.75, 3.05) is 24.5 Å². The highest BCUT2D eigenvalue weighted by Crippen LogP contribution is 2.25. The fourth-order valence-electron chi connectivity index (χ4n) is 2.29. The van der Waals surface area contributed by atoms with Crippen molar-refractivity contribution >= 4 is 27.6 Å². The van der Waals surface area contributed by atoms with Crippen LogP contribution in [0.15, 0.2) is 22.7 Å². The number of hydrogen-bond acceptors (Lipinski definition) is 3. The first kappa shape index (κ1) is 13.4. The summed E-state index contributed by atoms with van der Waals surface area (Å²) < 4.78 is 1.08. The Morgan fingerprint density at radius 3 is 3.06 bits per heavy atom. The second kappa shape index (κ2) is 5.71. The maximum atomic E-state index is 10.9. The highest BCUT2D eigenvalue weighted by Gasteiger charge is 2.24. The van der Waals surface area contributed by atoms with Crippen LogP contribution in [0.1, 0.15) is 12.0 Å². The molecule has 98 valence electrons. The number of halogens is 1. The molecule has 0 amide bonds. The molecule has 1 aliphatic rings. The molecule has 1 aliphatic heterocycles. The molecular formula is C13H17BrN2O2. The van der Waals surface area contributed by atoms with Crippen LogP contribution in [0.4, 0.5) is 5.69 Å². The largest absolute Gasteiger partial charge is 0.481 e. The van der Waals surface area contributed by atoms with E-state index in [0.29, 0.717) is 0 Å². The van der Waals surface area contributed by atoms with Gasteiger partial charge in [-0.15, -0.1) is 0 Å². The fraction of sp³-hybridized carbons (Fsp3) is 0.462. The third-order valence-electron chi connectivity index (χ3n) is 3.23. The van der Waals surface area contributed by atoms with Gasteiger partial charge in [0.05, 0.1) is 12.5 Å². The van der Waals surface area contributed by atoms with Gasteiger partial charge in [-0.1, -0.05) is 15.9 Å². The monoisotopic (exact) mass is 312 g/mol. The number of benzene rings is 1. The summed E-state index contributed by atoms with van der Waals surface area (Å²) in [5.74, 6) is -0.748. The van der Waals surface area contributed by atoms with Gasteiger partial charge in [-0.05, 0) is 30.7 Å². The van der Waals surface area contributed by atoms with Gasteiger partial charge >= 0.3 is 5.97 Å². The number of anilines is 1. The third-order valence-corrected chi connectivity index (χ3v) is 4.12. The molecule has 5 heteroatoms. The van der Waals surface area contributed by atoms with Crippen LogP contribution >= 0.6 is 15.9 Å². The minimum absolute atomic E-state index is 0.0248. The number of carbonyl (C=O) groups is 1. The number of nitrogens with zero attached hydrogens (tertiary/aromatic N) is 1. The lowest BCUT2D eigenvalue weighted by molar-refractivity contribution is -0.137. The van der Waals surface area contributed by atoms with E-state index in [1.807, 2.05) is 19.1 Å². The number of aliphatic carboxylic acids is 1. The second-order valence-corrected chi connectivity index (χ2v) is 5.44. The van der Waals surface area contributed by atoms with Crippen LogP contribution in [0.25, 0.3) is 0 Å². The number of nitrogens with one attached hydrogen (secondary N) is 1. The number of aryl methyl sites for hydroxylation is 1. The van der Waals surface area contributed by atoms with Gasteiger partial charge in [-0.2, -0.15) is 0 Å². The van der Waals surface area contributed by atoms with Crippen molar-refractivity contribution in [1.29, 1.82) is 0 Å². The van der Waals surface area contributed by atoms with Crippen LogP contribution < -0.4 is 10.2 Å². The molecule has 0 bridgehead atoms. The molecule has 0 spiro atoms. The molecule has 0 saturated carbocycles. The molecule has 1 unspecified atom stereocenters. The average molecular weight is 313 g/mol. The standard InChI is InChI=1S/C13H17BrN2O2/c1-9-6-10(2-3-12(9)14)16-5-4-15-8-11(16)7-13(17)18/h2-3,6,11,15H,4-5,7-8H2,1H3,(H,17,18). The van der Waals surface area contributed by atoms with Crippen LogP contribution in [0.3, 0.4) is 0 Å². The molecular weight excluding hydrogens is 296 g/mol. The van der Waals surface area contributed by atoms with Gasteiger partial charge in [0.1, 0.15) is 0 Å². The van der Waals surface area contributed by atoms with E-state index in [9.17, 15) is 4.79 Å². The molecule has 18 heavy (non-hydrogen) atoms. The summed E-state index contributed by atoms with van der Waals surface area (Å²) in [4.78, 5) is 13.1. The van der Waals surface area contributed by atoms with Crippen molar-refractivity contribution in [1.82, 2.24) is 5.32 Å². The molecule has 4 nitrogen and oxygen atoms in total. The maximum absolute atomic E-state index is 10.9. The molecule has 2 N–H and O–H groups in total. The van der Waals surface area contributed by atoms with E-state index in [-0.39, 0.29) is 12.5 Å². The van der Waals surface area contributed by atoms with E-state index in [1.165, 1.54) is 5.56 Å². The Hall–Kier alpha value is -1.07. The zero-order valence-electron chi connectivity index (χ0n) is 10.3. The molecule has 1 heterocycles. The first-order valence-electron chi connectivity index (χ1n) is 6.03. The van der Waals surface area contributed by atoms with E-state index >= 15 is 0 Å². The van der Waals surface area contributed by atoms with Gasteiger partial charge < -0.3 is 15.3 Å². The van der Waals surface area contributed by atoms with E-state index in [0.717, 1.165) is 29.8 Å². The predicted octanol–water partition coefficient (Wildman–Crippen LogP) is 2.01. The van der Waals surface area contributed by atoms with Gasteiger partial charge in [0.25, 0.3) is 0 Å². The van der Waals surface area contributed by atoms with Gasteiger partial charge in [-0.3, -0.25) is 4.79 Å². The Morgan fingerprint density at radius 1 is 1.61 bits per heavy atom. The van der Waals surface area contributed by atoms with Crippen LogP contribution in [-0.4, -0.2) is 36.8 Å². The Bertz CT molecular complexity index is 451. The number of piperazine rings is 1. The number of carboxylic acid groups (broad SMARTS) is 1. The Balaban J connectivity index is 2.22. The van der Waals surface area contributed by atoms with E-state index in [2.05, 4.69) is 32.2 Å². The SMILES string of the molecule is Cc1cc(N2CCNCC2CC(=O)O)ccc1Br. The van der Waals surface area contributed by atoms with Crippen molar-refractivity contribution in [2.24, 2.45) is 0 Å². The minimum Gasteiger partial charge on any atom is -0.481 e. The minimum atomic E-state index is -0.748. The number of carboxylic acids is 1. The third kappa shape index (κ3) is 3.03. The zero-order chi connectivity index (χ0) is 13.1. The molecule has 1 aromatic carbocycles. The summed E-state index contributed by atoms with van der Waals surface area (Å²) in [7, 11) is 0. The highest BCUT2D eigenvalue weighted by molar-refractivity contribution is 9.10. The van der Waals surface area contributed by atoms with Gasteiger partial charge in [0, 0.05) is 29.8 Å². The zero-order valence-corrected chi connectivity index (χ0v) is 11.9. The van der Waals surface area contributed by atoms with Crippen molar-refractivity contribution in [3.8, 4) is 0 Å². The summed E-state index contributed by atoms with van der Waals surface area (Å²) in [6.45, 7) is 4.51. The molecule has 1 aromatic rings. The van der Waals surface area contributed by atoms with E-state index < -0.39 is 5.97 Å². The van der Waals surface area contributed by atoms with Crippen molar-refractivity contribution in [3.05, 3.63) is 28.2 Å². The summed E-state index contributed by atoms with van der Waals surface area (Å²) in [5.41, 5.74) is 2.27. The smallest absolute Gasteiger partial charge is 0.305 e. The van der Waals surface area contributed by atoms with Gasteiger partial charge in [0.15, 0.2) is 0 Å². The lowest BCUT2D eigenvalue weighted by atomic mass is 10.1. The van der Waals surface area contributed by atoms with Gasteiger partial charge in [-0.25, -0.2) is 0 Å². The summed E-state index contributed by atoms with van der Waals surface area (Å²) >= 11 is 3.48. The maximum Gasteiger partial charge on any atom is 0.305 e. The van der Waals surface area contributed by atoms with Crippen LogP contribution in [0.5, 0.6) is 0 Å². The number of rotatable bonds is 3.